The Morgan fingerprint density at radius 3 is 2.50 bits per heavy atom. The number of aromatic nitrogens is 1. The number of amides is 2. The number of hydrogen-bond donors (Lipinski definition) is 2. The number of pyridine rings is 1. The van der Waals surface area contributed by atoms with Crippen LogP contribution in [0.1, 0.15) is 15.9 Å². The molecule has 0 bridgehead atoms. The van der Waals surface area contributed by atoms with Crippen molar-refractivity contribution in [2.45, 2.75) is 6.54 Å². The molecule has 1 aromatic carbocycles. The fraction of sp³-hybridized carbons (Fsp3) is 0.350. The molecule has 1 saturated heterocycles. The molecule has 0 saturated carbocycles. The van der Waals surface area contributed by atoms with E-state index in [1.165, 1.54) is 0 Å². The van der Waals surface area contributed by atoms with E-state index >= 15 is 0 Å². The molecule has 2 N–H and O–H groups in total. The highest BCUT2D eigenvalue weighted by molar-refractivity contribution is 6.33. The zero-order chi connectivity index (χ0) is 19.9. The van der Waals surface area contributed by atoms with Crippen molar-refractivity contribution >= 4 is 29.2 Å². The van der Waals surface area contributed by atoms with Gasteiger partial charge >= 0.3 is 0 Å². The van der Waals surface area contributed by atoms with Gasteiger partial charge in [0.25, 0.3) is 5.91 Å². The summed E-state index contributed by atoms with van der Waals surface area (Å²) in [6, 6.07) is 10.7. The second-order valence-electron chi connectivity index (χ2n) is 6.75. The summed E-state index contributed by atoms with van der Waals surface area (Å²) in [4.78, 5) is 33.1. The van der Waals surface area contributed by atoms with Gasteiger partial charge in [0.1, 0.15) is 5.82 Å². The Bertz CT molecular complexity index is 820. The van der Waals surface area contributed by atoms with Gasteiger partial charge in [-0.05, 0) is 30.8 Å². The van der Waals surface area contributed by atoms with Crippen LogP contribution in [0.3, 0.4) is 0 Å². The smallest absolute Gasteiger partial charge is 0.253 e. The van der Waals surface area contributed by atoms with E-state index in [0.29, 0.717) is 17.1 Å². The minimum absolute atomic E-state index is 0.114. The number of benzene rings is 1. The maximum atomic E-state index is 12.1. The van der Waals surface area contributed by atoms with Gasteiger partial charge in [-0.1, -0.05) is 29.8 Å². The van der Waals surface area contributed by atoms with Crippen molar-refractivity contribution in [3.63, 3.8) is 0 Å². The molecule has 2 aromatic rings. The van der Waals surface area contributed by atoms with E-state index in [1.54, 1.807) is 30.5 Å². The standard InChI is InChI=1S/C20H24ClN5O2/c1-25-8-10-26(11-9-25)18-7-6-15(12-22-18)13-23-19(27)14-24-20(28)16-4-2-3-5-17(16)21/h2-7,12H,8-11,13-14H2,1H3,(H,23,27)(H,24,28). The number of hydrogen-bond acceptors (Lipinski definition) is 5. The van der Waals surface area contributed by atoms with E-state index in [-0.39, 0.29) is 18.4 Å². The summed E-state index contributed by atoms with van der Waals surface area (Å²) >= 11 is 5.98. The van der Waals surface area contributed by atoms with Gasteiger partial charge in [0.2, 0.25) is 5.91 Å². The minimum atomic E-state index is -0.376. The van der Waals surface area contributed by atoms with E-state index < -0.39 is 0 Å². The summed E-state index contributed by atoms with van der Waals surface area (Å²) in [5.41, 5.74) is 1.25. The number of piperazine rings is 1. The third-order valence-corrected chi connectivity index (χ3v) is 4.98. The Labute approximate surface area is 169 Å². The van der Waals surface area contributed by atoms with Gasteiger partial charge < -0.3 is 20.4 Å². The lowest BCUT2D eigenvalue weighted by Crippen LogP contribution is -2.44. The predicted octanol–water partition coefficient (Wildman–Crippen LogP) is 1.53. The molecule has 1 aromatic heterocycles. The number of rotatable bonds is 6. The highest BCUT2D eigenvalue weighted by Gasteiger charge is 2.15. The summed E-state index contributed by atoms with van der Waals surface area (Å²) in [5.74, 6) is 0.303. The highest BCUT2D eigenvalue weighted by atomic mass is 35.5. The molecule has 1 fully saturated rings. The van der Waals surface area contributed by atoms with Crippen LogP contribution in [0.25, 0.3) is 0 Å². The largest absolute Gasteiger partial charge is 0.354 e. The Morgan fingerprint density at radius 2 is 1.82 bits per heavy atom. The van der Waals surface area contributed by atoms with E-state index in [2.05, 4.69) is 32.5 Å². The van der Waals surface area contributed by atoms with E-state index in [4.69, 9.17) is 11.6 Å². The predicted molar refractivity (Wildman–Crippen MR) is 110 cm³/mol. The zero-order valence-electron chi connectivity index (χ0n) is 15.8. The fourth-order valence-corrected chi connectivity index (χ4v) is 3.13. The van der Waals surface area contributed by atoms with Crippen LogP contribution in [0.2, 0.25) is 5.02 Å². The molecule has 2 heterocycles. The fourth-order valence-electron chi connectivity index (χ4n) is 2.91. The number of carbonyl (C=O) groups excluding carboxylic acids is 2. The van der Waals surface area contributed by atoms with Crippen molar-refractivity contribution in [3.8, 4) is 0 Å². The van der Waals surface area contributed by atoms with Crippen molar-refractivity contribution in [2.24, 2.45) is 0 Å². The first-order valence-electron chi connectivity index (χ1n) is 9.21. The zero-order valence-corrected chi connectivity index (χ0v) is 16.6. The van der Waals surface area contributed by atoms with Crippen LogP contribution in [0.15, 0.2) is 42.6 Å². The summed E-state index contributed by atoms with van der Waals surface area (Å²) in [6.07, 6.45) is 1.77. The third-order valence-electron chi connectivity index (χ3n) is 4.65. The van der Waals surface area contributed by atoms with E-state index in [9.17, 15) is 9.59 Å². The minimum Gasteiger partial charge on any atom is -0.354 e. The lowest BCUT2D eigenvalue weighted by Gasteiger charge is -2.33. The Morgan fingerprint density at radius 1 is 1.07 bits per heavy atom. The Hall–Kier alpha value is -2.64. The van der Waals surface area contributed by atoms with Gasteiger partial charge in [0.05, 0.1) is 17.1 Å². The lowest BCUT2D eigenvalue weighted by atomic mass is 10.2. The molecular formula is C20H24ClN5O2. The van der Waals surface area contributed by atoms with Gasteiger partial charge in [0.15, 0.2) is 0 Å². The molecule has 8 heteroatoms. The monoisotopic (exact) mass is 401 g/mol. The number of anilines is 1. The van der Waals surface area contributed by atoms with Crippen molar-refractivity contribution < 1.29 is 9.59 Å². The summed E-state index contributed by atoms with van der Waals surface area (Å²) in [6.45, 7) is 4.22. The van der Waals surface area contributed by atoms with Crippen LogP contribution in [0, 0.1) is 0 Å². The lowest BCUT2D eigenvalue weighted by molar-refractivity contribution is -0.120. The Balaban J connectivity index is 1.43. The maximum Gasteiger partial charge on any atom is 0.253 e. The average molecular weight is 402 g/mol. The van der Waals surface area contributed by atoms with Gasteiger partial charge in [-0.3, -0.25) is 9.59 Å². The first kappa shape index (κ1) is 20.1. The molecule has 0 aliphatic carbocycles. The summed E-state index contributed by atoms with van der Waals surface area (Å²) in [7, 11) is 2.12. The number of halogens is 1. The van der Waals surface area contributed by atoms with E-state index in [0.717, 1.165) is 37.6 Å². The molecule has 2 amide bonds. The molecule has 0 radical (unpaired) electrons. The second-order valence-corrected chi connectivity index (χ2v) is 7.16. The van der Waals surface area contributed by atoms with Gasteiger partial charge in [0, 0.05) is 38.9 Å². The van der Waals surface area contributed by atoms with Crippen LogP contribution >= 0.6 is 11.6 Å². The van der Waals surface area contributed by atoms with E-state index in [1.807, 2.05) is 12.1 Å². The molecule has 1 aliphatic rings. The number of likely N-dealkylation sites (N-methyl/N-ethyl adjacent to an activating group) is 1. The average Bonchev–Trinajstić information content (AvgIpc) is 2.72. The quantitative estimate of drug-likeness (QED) is 0.767. The van der Waals surface area contributed by atoms with Gasteiger partial charge in [-0.25, -0.2) is 4.98 Å². The molecule has 7 nitrogen and oxygen atoms in total. The molecule has 0 unspecified atom stereocenters. The summed E-state index contributed by atoms with van der Waals surface area (Å²) in [5, 5.41) is 5.70. The topological polar surface area (TPSA) is 77.6 Å². The Kier molecular flexibility index (Phi) is 6.84. The summed E-state index contributed by atoms with van der Waals surface area (Å²) < 4.78 is 0. The molecule has 28 heavy (non-hydrogen) atoms. The first-order chi connectivity index (χ1) is 13.5. The maximum absolute atomic E-state index is 12.1. The number of nitrogens with one attached hydrogen (secondary N) is 2. The molecule has 0 spiro atoms. The highest BCUT2D eigenvalue weighted by Crippen LogP contribution is 2.15. The molecular weight excluding hydrogens is 378 g/mol. The normalized spacial score (nSPS) is 14.6. The number of nitrogens with zero attached hydrogens (tertiary/aromatic N) is 3. The third kappa shape index (κ3) is 5.43. The van der Waals surface area contributed by atoms with Crippen LogP contribution in [-0.2, 0) is 11.3 Å². The van der Waals surface area contributed by atoms with Crippen molar-refractivity contribution in [2.75, 3.05) is 44.7 Å². The van der Waals surface area contributed by atoms with Crippen molar-refractivity contribution in [3.05, 3.63) is 58.7 Å². The van der Waals surface area contributed by atoms with Crippen LogP contribution in [-0.4, -0.2) is 61.5 Å². The molecule has 1 aliphatic heterocycles. The van der Waals surface area contributed by atoms with Crippen LogP contribution < -0.4 is 15.5 Å². The molecule has 3 rings (SSSR count). The molecule has 148 valence electrons. The molecule has 0 atom stereocenters. The van der Waals surface area contributed by atoms with Crippen LogP contribution in [0.4, 0.5) is 5.82 Å². The van der Waals surface area contributed by atoms with Gasteiger partial charge in [-0.2, -0.15) is 0 Å². The SMILES string of the molecule is CN1CCN(c2ccc(CNC(=O)CNC(=O)c3ccccc3Cl)cn2)CC1. The first-order valence-corrected chi connectivity index (χ1v) is 9.58. The number of carbonyl (C=O) groups is 2. The van der Waals surface area contributed by atoms with Gasteiger partial charge in [-0.15, -0.1) is 0 Å². The van der Waals surface area contributed by atoms with Crippen molar-refractivity contribution in [1.29, 1.82) is 0 Å². The van der Waals surface area contributed by atoms with Crippen molar-refractivity contribution in [1.82, 2.24) is 20.5 Å². The van der Waals surface area contributed by atoms with Crippen LogP contribution in [0.5, 0.6) is 0 Å². The second kappa shape index (κ2) is 9.52.